The normalized spacial score (nSPS) is 13.6. The van der Waals surface area contributed by atoms with E-state index in [1.54, 1.807) is 0 Å². The second-order valence-electron chi connectivity index (χ2n) is 16.5. The molecule has 0 saturated heterocycles. The van der Waals surface area contributed by atoms with E-state index >= 15 is 0 Å². The first kappa shape index (κ1) is 54.1. The SMILES string of the molecule is CC/C=C/C/C=C/C/C=C/CCCCCCC(=O)OC(CCCCCCCCCCCCCC)CC(=O)NC(CO)C(O)CCCCCCCCCCCCC. The smallest absolute Gasteiger partial charge is 0.306 e. The summed E-state index contributed by atoms with van der Waals surface area (Å²) in [6.07, 6.45) is 50.6. The van der Waals surface area contributed by atoms with Gasteiger partial charge in [0.05, 0.1) is 25.2 Å². The van der Waals surface area contributed by atoms with Gasteiger partial charge in [-0.05, 0) is 57.8 Å². The zero-order valence-electron chi connectivity index (χ0n) is 37.3. The van der Waals surface area contributed by atoms with Crippen LogP contribution in [0.15, 0.2) is 36.5 Å². The molecular formula is C50H93NO5. The standard InChI is InChI=1S/C50H93NO5/c1-4-7-10-13-16-19-22-24-25-28-31-34-37-40-43-50(55)56-46(41-38-35-32-29-27-23-20-17-14-11-8-5-2)44-49(54)51-47(45-52)48(53)42-39-36-33-30-26-21-18-15-12-9-6-3/h7,10,16,19,24-25,46-48,52-53H,4-6,8-9,11-15,17-18,20-23,26-45H2,1-3H3,(H,51,54)/b10-7+,19-16+,25-24+. The number of aliphatic hydroxyl groups excluding tert-OH is 2. The molecule has 1 amide bonds. The molecule has 0 fully saturated rings. The molecule has 0 rings (SSSR count). The Balaban J connectivity index is 4.60. The number of allylic oxidation sites excluding steroid dienone is 6. The van der Waals surface area contributed by atoms with Gasteiger partial charge in [0.15, 0.2) is 0 Å². The molecule has 56 heavy (non-hydrogen) atoms. The van der Waals surface area contributed by atoms with E-state index in [9.17, 15) is 19.8 Å². The van der Waals surface area contributed by atoms with Crippen molar-refractivity contribution in [3.63, 3.8) is 0 Å². The number of nitrogens with one attached hydrogen (secondary N) is 1. The van der Waals surface area contributed by atoms with Crippen LogP contribution < -0.4 is 5.32 Å². The molecule has 0 radical (unpaired) electrons. The van der Waals surface area contributed by atoms with Crippen LogP contribution in [0.1, 0.15) is 245 Å². The van der Waals surface area contributed by atoms with Gasteiger partial charge in [0.2, 0.25) is 5.91 Å². The number of unbranched alkanes of at least 4 members (excludes halogenated alkanes) is 25. The van der Waals surface area contributed by atoms with Crippen LogP contribution in [-0.4, -0.2) is 46.9 Å². The van der Waals surface area contributed by atoms with Crippen LogP contribution in [0.5, 0.6) is 0 Å². The van der Waals surface area contributed by atoms with Gasteiger partial charge in [0.25, 0.3) is 0 Å². The Kier molecular flexibility index (Phi) is 42.7. The number of aliphatic hydroxyl groups is 2. The maximum Gasteiger partial charge on any atom is 0.306 e. The third kappa shape index (κ3) is 38.9. The van der Waals surface area contributed by atoms with Crippen LogP contribution in [0.4, 0.5) is 0 Å². The number of ether oxygens (including phenoxy) is 1. The second-order valence-corrected chi connectivity index (χ2v) is 16.5. The summed E-state index contributed by atoms with van der Waals surface area (Å²) in [6, 6.07) is -0.701. The van der Waals surface area contributed by atoms with Crippen molar-refractivity contribution in [3.8, 4) is 0 Å². The Bertz CT molecular complexity index is 930. The van der Waals surface area contributed by atoms with E-state index in [0.717, 1.165) is 83.5 Å². The minimum atomic E-state index is -0.787. The molecule has 6 nitrogen and oxygen atoms in total. The molecule has 0 aliphatic heterocycles. The lowest BCUT2D eigenvalue weighted by molar-refractivity contribution is -0.151. The van der Waals surface area contributed by atoms with Gasteiger partial charge in [-0.3, -0.25) is 9.59 Å². The molecule has 0 saturated carbocycles. The Morgan fingerprint density at radius 1 is 0.536 bits per heavy atom. The molecular weight excluding hydrogens is 695 g/mol. The van der Waals surface area contributed by atoms with E-state index in [0.29, 0.717) is 19.3 Å². The second kappa shape index (κ2) is 44.2. The average Bonchev–Trinajstić information content (AvgIpc) is 3.19. The van der Waals surface area contributed by atoms with E-state index in [1.165, 1.54) is 116 Å². The Labute approximate surface area is 347 Å². The lowest BCUT2D eigenvalue weighted by Crippen LogP contribution is -2.46. The van der Waals surface area contributed by atoms with E-state index in [1.807, 2.05) is 0 Å². The topological polar surface area (TPSA) is 95.9 Å². The van der Waals surface area contributed by atoms with Gasteiger partial charge < -0.3 is 20.3 Å². The van der Waals surface area contributed by atoms with Crippen molar-refractivity contribution in [3.05, 3.63) is 36.5 Å². The van der Waals surface area contributed by atoms with Gasteiger partial charge in [0, 0.05) is 6.42 Å². The van der Waals surface area contributed by atoms with Crippen molar-refractivity contribution in [2.24, 2.45) is 0 Å². The minimum Gasteiger partial charge on any atom is -0.462 e. The number of rotatable bonds is 43. The minimum absolute atomic E-state index is 0.0718. The number of esters is 1. The highest BCUT2D eigenvalue weighted by Crippen LogP contribution is 2.18. The molecule has 6 heteroatoms. The zero-order valence-corrected chi connectivity index (χ0v) is 37.3. The van der Waals surface area contributed by atoms with Crippen molar-refractivity contribution in [2.75, 3.05) is 6.61 Å². The summed E-state index contributed by atoms with van der Waals surface area (Å²) in [5, 5.41) is 23.7. The number of hydrogen-bond donors (Lipinski definition) is 3. The van der Waals surface area contributed by atoms with Crippen molar-refractivity contribution >= 4 is 11.9 Å². The molecule has 3 unspecified atom stereocenters. The van der Waals surface area contributed by atoms with Crippen molar-refractivity contribution < 1.29 is 24.5 Å². The molecule has 0 aromatic carbocycles. The quantitative estimate of drug-likeness (QED) is 0.0325. The third-order valence-corrected chi connectivity index (χ3v) is 11.0. The maximum absolute atomic E-state index is 13.1. The molecule has 0 aromatic rings. The van der Waals surface area contributed by atoms with Crippen LogP contribution in [0, 0.1) is 0 Å². The van der Waals surface area contributed by atoms with Crippen molar-refractivity contribution in [2.45, 2.75) is 264 Å². The predicted octanol–water partition coefficient (Wildman–Crippen LogP) is 14.1. The van der Waals surface area contributed by atoms with Crippen LogP contribution in [0.2, 0.25) is 0 Å². The summed E-state index contributed by atoms with van der Waals surface area (Å²) in [5.74, 6) is -0.493. The lowest BCUT2D eigenvalue weighted by Gasteiger charge is -2.24. The molecule has 0 aliphatic rings. The molecule has 0 aliphatic carbocycles. The monoisotopic (exact) mass is 788 g/mol. The molecule has 0 heterocycles. The fourth-order valence-electron chi connectivity index (χ4n) is 7.33. The highest BCUT2D eigenvalue weighted by atomic mass is 16.5. The summed E-state index contributed by atoms with van der Waals surface area (Å²) in [7, 11) is 0. The van der Waals surface area contributed by atoms with Gasteiger partial charge in [-0.1, -0.05) is 211 Å². The molecule has 3 atom stereocenters. The number of carbonyl (C=O) groups is 2. The first-order valence-electron chi connectivity index (χ1n) is 24.2. The van der Waals surface area contributed by atoms with Gasteiger partial charge >= 0.3 is 5.97 Å². The Morgan fingerprint density at radius 3 is 1.46 bits per heavy atom. The summed E-state index contributed by atoms with van der Waals surface area (Å²) in [4.78, 5) is 26.0. The fraction of sp³-hybridized carbons (Fsp3) is 0.840. The third-order valence-electron chi connectivity index (χ3n) is 11.0. The first-order valence-corrected chi connectivity index (χ1v) is 24.2. The van der Waals surface area contributed by atoms with Gasteiger partial charge in [-0.25, -0.2) is 0 Å². The predicted molar refractivity (Wildman–Crippen MR) is 241 cm³/mol. The summed E-state index contributed by atoms with van der Waals surface area (Å²) < 4.78 is 5.91. The highest BCUT2D eigenvalue weighted by Gasteiger charge is 2.24. The largest absolute Gasteiger partial charge is 0.462 e. The molecule has 0 spiro atoms. The van der Waals surface area contributed by atoms with Crippen LogP contribution in [0.3, 0.4) is 0 Å². The van der Waals surface area contributed by atoms with E-state index in [4.69, 9.17) is 4.74 Å². The summed E-state index contributed by atoms with van der Waals surface area (Å²) in [6.45, 7) is 6.36. The van der Waals surface area contributed by atoms with E-state index in [-0.39, 0.29) is 24.9 Å². The average molecular weight is 788 g/mol. The first-order chi connectivity index (χ1) is 27.5. The van der Waals surface area contributed by atoms with Gasteiger partial charge in [-0.2, -0.15) is 0 Å². The molecule has 0 bridgehead atoms. The fourth-order valence-corrected chi connectivity index (χ4v) is 7.33. The molecule has 3 N–H and O–H groups in total. The zero-order chi connectivity index (χ0) is 41.0. The van der Waals surface area contributed by atoms with Crippen LogP contribution in [0.25, 0.3) is 0 Å². The molecule has 328 valence electrons. The Morgan fingerprint density at radius 2 is 0.964 bits per heavy atom. The van der Waals surface area contributed by atoms with Crippen molar-refractivity contribution in [1.82, 2.24) is 5.32 Å². The van der Waals surface area contributed by atoms with E-state index < -0.39 is 18.2 Å². The van der Waals surface area contributed by atoms with Crippen molar-refractivity contribution in [1.29, 1.82) is 0 Å². The van der Waals surface area contributed by atoms with Crippen LogP contribution >= 0.6 is 0 Å². The summed E-state index contributed by atoms with van der Waals surface area (Å²) >= 11 is 0. The lowest BCUT2D eigenvalue weighted by atomic mass is 10.0. The number of amides is 1. The van der Waals surface area contributed by atoms with E-state index in [2.05, 4.69) is 62.5 Å². The summed E-state index contributed by atoms with van der Waals surface area (Å²) in [5.41, 5.74) is 0. The highest BCUT2D eigenvalue weighted by molar-refractivity contribution is 5.77. The van der Waals surface area contributed by atoms with Gasteiger partial charge in [-0.15, -0.1) is 0 Å². The Hall–Kier alpha value is -1.92. The number of carbonyl (C=O) groups excluding carboxylic acids is 2. The van der Waals surface area contributed by atoms with Crippen LogP contribution in [-0.2, 0) is 14.3 Å². The van der Waals surface area contributed by atoms with Gasteiger partial charge in [0.1, 0.15) is 6.10 Å². The number of hydrogen-bond acceptors (Lipinski definition) is 5. The maximum atomic E-state index is 13.1. The molecule has 0 aromatic heterocycles.